The molecule has 2 nitrogen and oxygen atoms in total. The lowest BCUT2D eigenvalue weighted by Gasteiger charge is -2.10. The van der Waals surface area contributed by atoms with E-state index < -0.39 is 6.43 Å². The third kappa shape index (κ3) is 1.94. The quantitative estimate of drug-likeness (QED) is 0.710. The minimum atomic E-state index is -2.54. The number of pyridine rings is 1. The van der Waals surface area contributed by atoms with Gasteiger partial charge in [0.2, 0.25) is 5.88 Å². The molecule has 1 heterocycles. The highest BCUT2D eigenvalue weighted by Gasteiger charge is 2.18. The van der Waals surface area contributed by atoms with Crippen LogP contribution in [-0.4, -0.2) is 12.1 Å². The number of aromatic nitrogens is 1. The van der Waals surface area contributed by atoms with E-state index >= 15 is 0 Å². The van der Waals surface area contributed by atoms with Gasteiger partial charge >= 0.3 is 0 Å². The van der Waals surface area contributed by atoms with Crippen LogP contribution in [0.25, 0.3) is 0 Å². The van der Waals surface area contributed by atoms with Gasteiger partial charge in [-0.1, -0.05) is 0 Å². The molecule has 0 aliphatic heterocycles. The van der Waals surface area contributed by atoms with E-state index in [9.17, 15) is 8.78 Å². The molecule has 72 valence electrons. The molecule has 0 atom stereocenters. The second-order valence-corrected chi connectivity index (χ2v) is 2.80. The molecule has 0 aliphatic carbocycles. The molecule has 0 saturated carbocycles. The summed E-state index contributed by atoms with van der Waals surface area (Å²) >= 11 is 0. The van der Waals surface area contributed by atoms with Crippen LogP contribution in [0.1, 0.15) is 23.2 Å². The number of aryl methyl sites for hydroxylation is 2. The topological polar surface area (TPSA) is 22.1 Å². The Balaban J connectivity index is 3.30. The standard InChI is InChI=1S/C9H11F2NO/c1-5-4-6(2)12-9(13-3)7(5)8(10)11/h4,8H,1-3H3. The Labute approximate surface area is 75.6 Å². The second kappa shape index (κ2) is 3.68. The van der Waals surface area contributed by atoms with Crippen LogP contribution in [0.2, 0.25) is 0 Å². The average molecular weight is 187 g/mol. The van der Waals surface area contributed by atoms with Gasteiger partial charge in [0.1, 0.15) is 0 Å². The van der Waals surface area contributed by atoms with Crippen molar-refractivity contribution in [3.63, 3.8) is 0 Å². The summed E-state index contributed by atoms with van der Waals surface area (Å²) < 4.78 is 29.8. The summed E-state index contributed by atoms with van der Waals surface area (Å²) in [6.07, 6.45) is -2.54. The maximum absolute atomic E-state index is 12.5. The molecule has 1 aromatic heterocycles. The minimum Gasteiger partial charge on any atom is -0.481 e. The zero-order valence-corrected chi connectivity index (χ0v) is 7.77. The zero-order valence-electron chi connectivity index (χ0n) is 7.77. The van der Waals surface area contributed by atoms with Crippen molar-refractivity contribution in [3.8, 4) is 5.88 Å². The molecule has 1 aromatic rings. The van der Waals surface area contributed by atoms with Gasteiger partial charge in [-0.3, -0.25) is 0 Å². The second-order valence-electron chi connectivity index (χ2n) is 2.80. The Hall–Kier alpha value is -1.19. The summed E-state index contributed by atoms with van der Waals surface area (Å²) in [5.74, 6) is 0.0208. The summed E-state index contributed by atoms with van der Waals surface area (Å²) in [6, 6.07) is 1.62. The number of nitrogens with zero attached hydrogens (tertiary/aromatic N) is 1. The van der Waals surface area contributed by atoms with Crippen molar-refractivity contribution in [2.24, 2.45) is 0 Å². The van der Waals surface area contributed by atoms with E-state index in [0.29, 0.717) is 11.3 Å². The van der Waals surface area contributed by atoms with E-state index in [2.05, 4.69) is 4.98 Å². The molecular weight excluding hydrogens is 176 g/mol. The summed E-state index contributed by atoms with van der Waals surface area (Å²) in [5, 5.41) is 0. The predicted octanol–water partition coefficient (Wildman–Crippen LogP) is 2.64. The first-order valence-electron chi connectivity index (χ1n) is 3.86. The summed E-state index contributed by atoms with van der Waals surface area (Å²) in [4.78, 5) is 3.87. The van der Waals surface area contributed by atoms with Gasteiger partial charge in [0.05, 0.1) is 12.7 Å². The van der Waals surface area contributed by atoms with Crippen molar-refractivity contribution in [2.45, 2.75) is 20.3 Å². The fraction of sp³-hybridized carbons (Fsp3) is 0.444. The highest BCUT2D eigenvalue weighted by atomic mass is 19.3. The third-order valence-electron chi connectivity index (χ3n) is 1.77. The van der Waals surface area contributed by atoms with Gasteiger partial charge < -0.3 is 4.74 Å². The largest absolute Gasteiger partial charge is 0.481 e. The van der Waals surface area contributed by atoms with E-state index in [4.69, 9.17) is 4.74 Å². The van der Waals surface area contributed by atoms with Gasteiger partial charge in [0.15, 0.2) is 0 Å². The number of alkyl halides is 2. The number of rotatable bonds is 2. The third-order valence-corrected chi connectivity index (χ3v) is 1.77. The number of hydrogen-bond donors (Lipinski definition) is 0. The molecule has 0 spiro atoms. The van der Waals surface area contributed by atoms with E-state index in [0.717, 1.165) is 0 Å². The van der Waals surface area contributed by atoms with E-state index in [-0.39, 0.29) is 11.4 Å². The normalized spacial score (nSPS) is 10.6. The fourth-order valence-electron chi connectivity index (χ4n) is 1.23. The lowest BCUT2D eigenvalue weighted by atomic mass is 10.1. The fourth-order valence-corrected chi connectivity index (χ4v) is 1.23. The Morgan fingerprint density at radius 2 is 2.00 bits per heavy atom. The molecule has 0 bridgehead atoms. The van der Waals surface area contributed by atoms with Crippen LogP contribution in [0.5, 0.6) is 5.88 Å². The Kier molecular flexibility index (Phi) is 2.80. The molecule has 0 aliphatic rings. The van der Waals surface area contributed by atoms with Crippen LogP contribution in [0.3, 0.4) is 0 Å². The van der Waals surface area contributed by atoms with Crippen LogP contribution in [0.15, 0.2) is 6.07 Å². The lowest BCUT2D eigenvalue weighted by Crippen LogP contribution is -2.00. The molecular formula is C9H11F2NO. The van der Waals surface area contributed by atoms with Crippen molar-refractivity contribution in [1.82, 2.24) is 4.98 Å². The maximum atomic E-state index is 12.5. The van der Waals surface area contributed by atoms with E-state index in [1.165, 1.54) is 7.11 Å². The molecule has 0 unspecified atom stereocenters. The van der Waals surface area contributed by atoms with Gasteiger partial charge in [-0.25, -0.2) is 13.8 Å². The summed E-state index contributed by atoms with van der Waals surface area (Å²) in [5.41, 5.74) is 1.08. The maximum Gasteiger partial charge on any atom is 0.269 e. The molecule has 13 heavy (non-hydrogen) atoms. The van der Waals surface area contributed by atoms with E-state index in [1.807, 2.05) is 0 Å². The summed E-state index contributed by atoms with van der Waals surface area (Å²) in [6.45, 7) is 3.36. The molecule has 0 saturated heterocycles. The first kappa shape index (κ1) is 9.89. The Morgan fingerprint density at radius 3 is 2.46 bits per heavy atom. The van der Waals surface area contributed by atoms with Gasteiger partial charge in [0, 0.05) is 5.69 Å². The van der Waals surface area contributed by atoms with Crippen LogP contribution in [-0.2, 0) is 0 Å². The van der Waals surface area contributed by atoms with E-state index in [1.54, 1.807) is 19.9 Å². The van der Waals surface area contributed by atoms with Crippen molar-refractivity contribution in [3.05, 3.63) is 22.9 Å². The molecule has 0 radical (unpaired) electrons. The lowest BCUT2D eigenvalue weighted by molar-refractivity contribution is 0.145. The van der Waals surface area contributed by atoms with Crippen molar-refractivity contribution in [1.29, 1.82) is 0 Å². The number of hydrogen-bond acceptors (Lipinski definition) is 2. The number of halogens is 2. The number of ether oxygens (including phenoxy) is 1. The van der Waals surface area contributed by atoms with Crippen LogP contribution >= 0.6 is 0 Å². The van der Waals surface area contributed by atoms with Gasteiger partial charge in [-0.05, 0) is 25.5 Å². The molecule has 1 rings (SSSR count). The molecule has 0 aromatic carbocycles. The molecule has 0 fully saturated rings. The monoisotopic (exact) mass is 187 g/mol. The summed E-state index contributed by atoms with van der Waals surface area (Å²) in [7, 11) is 1.34. The number of methoxy groups -OCH3 is 1. The van der Waals surface area contributed by atoms with Crippen LogP contribution in [0, 0.1) is 13.8 Å². The predicted molar refractivity (Wildman–Crippen MR) is 45.2 cm³/mol. The first-order chi connectivity index (χ1) is 6.06. The van der Waals surface area contributed by atoms with Crippen molar-refractivity contribution in [2.75, 3.05) is 7.11 Å². The van der Waals surface area contributed by atoms with Crippen molar-refractivity contribution < 1.29 is 13.5 Å². The zero-order chi connectivity index (χ0) is 10.0. The average Bonchev–Trinajstić information content (AvgIpc) is 2.01. The van der Waals surface area contributed by atoms with Gasteiger partial charge in [-0.2, -0.15) is 0 Å². The smallest absolute Gasteiger partial charge is 0.269 e. The van der Waals surface area contributed by atoms with Gasteiger partial charge in [-0.15, -0.1) is 0 Å². The Morgan fingerprint density at radius 1 is 1.38 bits per heavy atom. The highest BCUT2D eigenvalue weighted by molar-refractivity contribution is 5.36. The minimum absolute atomic E-state index is 0.0208. The Bertz CT molecular complexity index is 313. The molecule has 4 heteroatoms. The van der Waals surface area contributed by atoms with Crippen LogP contribution < -0.4 is 4.74 Å². The molecule has 0 N–H and O–H groups in total. The first-order valence-corrected chi connectivity index (χ1v) is 3.86. The van der Waals surface area contributed by atoms with Gasteiger partial charge in [0.25, 0.3) is 6.43 Å². The van der Waals surface area contributed by atoms with Crippen molar-refractivity contribution >= 4 is 0 Å². The highest BCUT2D eigenvalue weighted by Crippen LogP contribution is 2.30. The molecule has 0 amide bonds. The van der Waals surface area contributed by atoms with Crippen LogP contribution in [0.4, 0.5) is 8.78 Å². The SMILES string of the molecule is COc1nc(C)cc(C)c1C(F)F.